The van der Waals surface area contributed by atoms with Crippen LogP contribution >= 0.6 is 15.9 Å². The largest absolute Gasteiger partial charge is 0.496 e. The number of rotatable bonds is 5. The third kappa shape index (κ3) is 3.07. The van der Waals surface area contributed by atoms with E-state index in [4.69, 9.17) is 9.15 Å². The predicted molar refractivity (Wildman–Crippen MR) is 84.4 cm³/mol. The highest BCUT2D eigenvalue weighted by molar-refractivity contribution is 9.10. The van der Waals surface area contributed by atoms with Crippen LogP contribution in [0.15, 0.2) is 33.2 Å². The van der Waals surface area contributed by atoms with Crippen molar-refractivity contribution in [3.63, 3.8) is 0 Å². The van der Waals surface area contributed by atoms with Gasteiger partial charge >= 0.3 is 0 Å². The molecule has 1 heterocycles. The minimum Gasteiger partial charge on any atom is -0.496 e. The molecule has 0 fully saturated rings. The van der Waals surface area contributed by atoms with E-state index in [1.807, 2.05) is 19.9 Å². The third-order valence-corrected chi connectivity index (χ3v) is 3.93. The first kappa shape index (κ1) is 15.1. The van der Waals surface area contributed by atoms with Crippen molar-refractivity contribution in [3.8, 4) is 5.75 Å². The Balaban J connectivity index is 2.43. The highest BCUT2D eigenvalue weighted by Crippen LogP contribution is 2.32. The molecule has 108 valence electrons. The van der Waals surface area contributed by atoms with Crippen LogP contribution in [0, 0.1) is 13.8 Å². The average molecular weight is 338 g/mol. The van der Waals surface area contributed by atoms with E-state index in [0.717, 1.165) is 28.3 Å². The smallest absolute Gasteiger partial charge is 0.133 e. The van der Waals surface area contributed by atoms with Gasteiger partial charge in [-0.05, 0) is 60.1 Å². The second kappa shape index (κ2) is 6.46. The van der Waals surface area contributed by atoms with Gasteiger partial charge in [0.1, 0.15) is 17.3 Å². The molecule has 2 rings (SSSR count). The van der Waals surface area contributed by atoms with Crippen LogP contribution in [0.1, 0.15) is 35.6 Å². The first-order valence-electron chi connectivity index (χ1n) is 6.70. The maximum absolute atomic E-state index is 5.66. The van der Waals surface area contributed by atoms with Crippen molar-refractivity contribution in [2.24, 2.45) is 0 Å². The number of nitrogens with one attached hydrogen (secondary N) is 1. The summed E-state index contributed by atoms with van der Waals surface area (Å²) >= 11 is 3.55. The van der Waals surface area contributed by atoms with Gasteiger partial charge in [0.05, 0.1) is 17.6 Å². The molecule has 1 aromatic carbocycles. The fourth-order valence-corrected chi connectivity index (χ4v) is 2.97. The fraction of sp³-hybridized carbons (Fsp3) is 0.375. The molecule has 20 heavy (non-hydrogen) atoms. The molecule has 3 nitrogen and oxygen atoms in total. The van der Waals surface area contributed by atoms with Crippen molar-refractivity contribution in [1.29, 1.82) is 0 Å². The van der Waals surface area contributed by atoms with Gasteiger partial charge < -0.3 is 14.5 Å². The minimum atomic E-state index is 0.125. The second-order valence-electron chi connectivity index (χ2n) is 4.75. The van der Waals surface area contributed by atoms with Gasteiger partial charge in [0.25, 0.3) is 0 Å². The lowest BCUT2D eigenvalue weighted by atomic mass is 9.99. The van der Waals surface area contributed by atoms with Crippen LogP contribution in [0.25, 0.3) is 0 Å². The maximum atomic E-state index is 5.66. The quantitative estimate of drug-likeness (QED) is 0.879. The molecule has 0 aliphatic carbocycles. The lowest BCUT2D eigenvalue weighted by Gasteiger charge is -2.19. The maximum Gasteiger partial charge on any atom is 0.133 e. The molecule has 1 N–H and O–H groups in total. The van der Waals surface area contributed by atoms with Gasteiger partial charge in [-0.2, -0.15) is 0 Å². The Bertz CT molecular complexity index is 592. The van der Waals surface area contributed by atoms with Gasteiger partial charge in [0.15, 0.2) is 0 Å². The van der Waals surface area contributed by atoms with Crippen molar-refractivity contribution in [1.82, 2.24) is 5.32 Å². The van der Waals surface area contributed by atoms with Crippen LogP contribution in [0.2, 0.25) is 0 Å². The monoisotopic (exact) mass is 337 g/mol. The molecule has 4 heteroatoms. The Morgan fingerprint density at radius 3 is 2.55 bits per heavy atom. The van der Waals surface area contributed by atoms with Crippen molar-refractivity contribution >= 4 is 15.9 Å². The number of benzene rings is 1. The number of furan rings is 1. The highest BCUT2D eigenvalue weighted by atomic mass is 79.9. The summed E-state index contributed by atoms with van der Waals surface area (Å²) in [6.45, 7) is 6.97. The van der Waals surface area contributed by atoms with Crippen LogP contribution in [0.5, 0.6) is 5.75 Å². The molecule has 0 saturated heterocycles. The molecule has 1 unspecified atom stereocenters. The number of methoxy groups -OCH3 is 1. The molecular formula is C16H20BrNO2. The van der Waals surface area contributed by atoms with Gasteiger partial charge in [0.2, 0.25) is 0 Å². The van der Waals surface area contributed by atoms with Crippen molar-refractivity contribution in [2.75, 3.05) is 13.7 Å². The van der Waals surface area contributed by atoms with E-state index in [2.05, 4.69) is 46.4 Å². The fourth-order valence-electron chi connectivity index (χ4n) is 2.41. The molecular weight excluding hydrogens is 318 g/mol. The molecule has 0 radical (unpaired) electrons. The zero-order valence-electron chi connectivity index (χ0n) is 12.3. The number of hydrogen-bond donors (Lipinski definition) is 1. The summed E-state index contributed by atoms with van der Waals surface area (Å²) in [6.07, 6.45) is 0. The highest BCUT2D eigenvalue weighted by Gasteiger charge is 2.19. The molecule has 0 spiro atoms. The van der Waals surface area contributed by atoms with Gasteiger partial charge in [-0.15, -0.1) is 0 Å². The lowest BCUT2D eigenvalue weighted by Crippen LogP contribution is -2.22. The topological polar surface area (TPSA) is 34.4 Å². The molecule has 0 saturated carbocycles. The number of ether oxygens (including phenoxy) is 1. The molecule has 0 amide bonds. The van der Waals surface area contributed by atoms with E-state index in [9.17, 15) is 0 Å². The predicted octanol–water partition coefficient (Wildman–Crippen LogP) is 4.37. The minimum absolute atomic E-state index is 0.125. The standard InChI is InChI=1S/C16H20BrNO2/c1-5-18-16(13-8-10(2)20-11(13)3)12-6-7-15(19-4)14(17)9-12/h6-9,16,18H,5H2,1-4H3. The third-order valence-electron chi connectivity index (χ3n) is 3.31. The summed E-state index contributed by atoms with van der Waals surface area (Å²) in [4.78, 5) is 0. The van der Waals surface area contributed by atoms with Gasteiger partial charge in [-0.1, -0.05) is 13.0 Å². The van der Waals surface area contributed by atoms with Crippen LogP contribution < -0.4 is 10.1 Å². The van der Waals surface area contributed by atoms with Gasteiger partial charge in [0, 0.05) is 5.56 Å². The first-order valence-corrected chi connectivity index (χ1v) is 7.49. The second-order valence-corrected chi connectivity index (χ2v) is 5.61. The summed E-state index contributed by atoms with van der Waals surface area (Å²) in [5.41, 5.74) is 2.37. The summed E-state index contributed by atoms with van der Waals surface area (Å²) < 4.78 is 11.9. The van der Waals surface area contributed by atoms with E-state index in [-0.39, 0.29) is 6.04 Å². The Morgan fingerprint density at radius 1 is 1.30 bits per heavy atom. The summed E-state index contributed by atoms with van der Waals surface area (Å²) in [5, 5.41) is 3.51. The molecule has 0 aliphatic rings. The molecule has 1 aromatic heterocycles. The zero-order valence-corrected chi connectivity index (χ0v) is 13.9. The first-order chi connectivity index (χ1) is 9.56. The molecule has 2 aromatic rings. The van der Waals surface area contributed by atoms with Crippen molar-refractivity contribution < 1.29 is 9.15 Å². The number of hydrogen-bond acceptors (Lipinski definition) is 3. The van der Waals surface area contributed by atoms with Crippen molar-refractivity contribution in [3.05, 3.63) is 51.4 Å². The van der Waals surface area contributed by atoms with E-state index in [1.54, 1.807) is 7.11 Å². The Morgan fingerprint density at radius 2 is 2.05 bits per heavy atom. The van der Waals surface area contributed by atoms with Crippen LogP contribution in [-0.2, 0) is 0 Å². The van der Waals surface area contributed by atoms with Gasteiger partial charge in [-0.25, -0.2) is 0 Å². The number of aryl methyl sites for hydroxylation is 2. The van der Waals surface area contributed by atoms with Crippen LogP contribution in [-0.4, -0.2) is 13.7 Å². The Kier molecular flexibility index (Phi) is 4.89. The molecule has 1 atom stereocenters. The molecule has 0 aliphatic heterocycles. The normalized spacial score (nSPS) is 12.4. The van der Waals surface area contributed by atoms with E-state index >= 15 is 0 Å². The molecule has 0 bridgehead atoms. The lowest BCUT2D eigenvalue weighted by molar-refractivity contribution is 0.411. The summed E-state index contributed by atoms with van der Waals surface area (Å²) in [6, 6.07) is 8.37. The Hall–Kier alpha value is -1.26. The zero-order chi connectivity index (χ0) is 14.7. The summed E-state index contributed by atoms with van der Waals surface area (Å²) in [5.74, 6) is 2.73. The van der Waals surface area contributed by atoms with E-state index in [0.29, 0.717) is 0 Å². The van der Waals surface area contributed by atoms with E-state index in [1.165, 1.54) is 11.1 Å². The average Bonchev–Trinajstić information content (AvgIpc) is 2.74. The van der Waals surface area contributed by atoms with Crippen LogP contribution in [0.3, 0.4) is 0 Å². The SMILES string of the molecule is CCNC(c1ccc(OC)c(Br)c1)c1cc(C)oc1C. The number of halogens is 1. The Labute approximate surface area is 128 Å². The van der Waals surface area contributed by atoms with Crippen LogP contribution in [0.4, 0.5) is 0 Å². The van der Waals surface area contributed by atoms with Gasteiger partial charge in [-0.3, -0.25) is 0 Å². The van der Waals surface area contributed by atoms with Crippen molar-refractivity contribution in [2.45, 2.75) is 26.8 Å². The van der Waals surface area contributed by atoms with E-state index < -0.39 is 0 Å². The summed E-state index contributed by atoms with van der Waals surface area (Å²) in [7, 11) is 1.67.